The summed E-state index contributed by atoms with van der Waals surface area (Å²) in [6.07, 6.45) is 7.41. The Bertz CT molecular complexity index is 693. The van der Waals surface area contributed by atoms with Crippen molar-refractivity contribution in [1.29, 1.82) is 0 Å². The van der Waals surface area contributed by atoms with Crippen LogP contribution in [0, 0.1) is 5.41 Å². The number of fused-ring (bicyclic) bond motifs is 1. The Kier molecular flexibility index (Phi) is 5.14. The van der Waals surface area contributed by atoms with Gasteiger partial charge in [0.1, 0.15) is 5.82 Å². The summed E-state index contributed by atoms with van der Waals surface area (Å²) in [5.41, 5.74) is 0.339. The predicted octanol–water partition coefficient (Wildman–Crippen LogP) is 2.23. The van der Waals surface area contributed by atoms with E-state index in [1.165, 1.54) is 19.3 Å². The SMILES string of the molecule is CCOC1CC(NC(=NC)NC2CCc3nc(C(C)C)nn3C2)C12CCC2. The highest BCUT2D eigenvalue weighted by Crippen LogP contribution is 2.57. The zero-order chi connectivity index (χ0) is 19.0. The molecule has 1 aromatic heterocycles. The summed E-state index contributed by atoms with van der Waals surface area (Å²) in [4.78, 5) is 9.18. The van der Waals surface area contributed by atoms with Crippen molar-refractivity contribution in [3.05, 3.63) is 11.6 Å². The average Bonchev–Trinajstić information content (AvgIpc) is 3.02. The van der Waals surface area contributed by atoms with Crippen molar-refractivity contribution in [2.24, 2.45) is 10.4 Å². The van der Waals surface area contributed by atoms with E-state index in [1.807, 2.05) is 7.05 Å². The molecule has 3 unspecified atom stereocenters. The summed E-state index contributed by atoms with van der Waals surface area (Å²) in [6, 6.07) is 0.817. The highest BCUT2D eigenvalue weighted by atomic mass is 16.5. The largest absolute Gasteiger partial charge is 0.378 e. The van der Waals surface area contributed by atoms with Gasteiger partial charge in [0.05, 0.1) is 12.6 Å². The van der Waals surface area contributed by atoms with Gasteiger partial charge < -0.3 is 15.4 Å². The van der Waals surface area contributed by atoms with Gasteiger partial charge in [-0.2, -0.15) is 5.10 Å². The van der Waals surface area contributed by atoms with E-state index >= 15 is 0 Å². The van der Waals surface area contributed by atoms with E-state index in [0.29, 0.717) is 29.5 Å². The minimum Gasteiger partial charge on any atom is -0.378 e. The van der Waals surface area contributed by atoms with E-state index in [2.05, 4.69) is 51.2 Å². The molecule has 150 valence electrons. The fourth-order valence-electron chi connectivity index (χ4n) is 4.86. The highest BCUT2D eigenvalue weighted by Gasteiger charge is 2.59. The molecule has 0 aromatic carbocycles. The van der Waals surface area contributed by atoms with Crippen LogP contribution in [0.4, 0.5) is 0 Å². The summed E-state index contributed by atoms with van der Waals surface area (Å²) in [6.45, 7) is 8.06. The molecule has 27 heavy (non-hydrogen) atoms. The molecule has 3 atom stereocenters. The third kappa shape index (κ3) is 3.35. The van der Waals surface area contributed by atoms with E-state index in [1.54, 1.807) is 0 Å². The summed E-state index contributed by atoms with van der Waals surface area (Å²) in [7, 11) is 1.86. The normalized spacial score (nSPS) is 29.2. The molecule has 7 heteroatoms. The van der Waals surface area contributed by atoms with Gasteiger partial charge in [0.25, 0.3) is 0 Å². The molecule has 2 N–H and O–H groups in total. The minimum absolute atomic E-state index is 0.338. The Balaban J connectivity index is 1.35. The molecule has 4 rings (SSSR count). The number of ether oxygens (including phenoxy) is 1. The van der Waals surface area contributed by atoms with E-state index in [4.69, 9.17) is 4.74 Å². The zero-order valence-electron chi connectivity index (χ0n) is 17.2. The van der Waals surface area contributed by atoms with E-state index in [-0.39, 0.29) is 0 Å². The summed E-state index contributed by atoms with van der Waals surface area (Å²) in [5.74, 6) is 3.36. The number of aromatic nitrogens is 3. The monoisotopic (exact) mass is 374 g/mol. The quantitative estimate of drug-likeness (QED) is 0.611. The van der Waals surface area contributed by atoms with Crippen molar-refractivity contribution in [2.75, 3.05) is 13.7 Å². The number of nitrogens with one attached hydrogen (secondary N) is 2. The molecule has 2 aliphatic carbocycles. The molecule has 1 aliphatic heterocycles. The first-order chi connectivity index (χ1) is 13.1. The van der Waals surface area contributed by atoms with E-state index in [9.17, 15) is 0 Å². The number of aliphatic imine (C=N–C) groups is 1. The minimum atomic E-state index is 0.338. The lowest BCUT2D eigenvalue weighted by molar-refractivity contribution is -0.168. The number of hydrogen-bond acceptors (Lipinski definition) is 4. The number of rotatable bonds is 5. The number of aryl methyl sites for hydroxylation is 1. The van der Waals surface area contributed by atoms with Crippen LogP contribution >= 0.6 is 0 Å². The lowest BCUT2D eigenvalue weighted by Gasteiger charge is -2.61. The molecule has 0 bridgehead atoms. The van der Waals surface area contributed by atoms with Crippen LogP contribution < -0.4 is 10.6 Å². The van der Waals surface area contributed by atoms with E-state index in [0.717, 1.165) is 50.0 Å². The zero-order valence-corrected chi connectivity index (χ0v) is 17.2. The summed E-state index contributed by atoms with van der Waals surface area (Å²) in [5, 5.41) is 12.0. The molecule has 3 aliphatic rings. The molecule has 1 spiro atoms. The van der Waals surface area contributed by atoms with Crippen molar-refractivity contribution in [3.8, 4) is 0 Å². The molecular weight excluding hydrogens is 340 g/mol. The van der Waals surface area contributed by atoms with Gasteiger partial charge in [-0.05, 0) is 32.6 Å². The summed E-state index contributed by atoms with van der Waals surface area (Å²) >= 11 is 0. The second-order valence-corrected chi connectivity index (χ2v) is 8.64. The van der Waals surface area contributed by atoms with Crippen LogP contribution in [0.25, 0.3) is 0 Å². The van der Waals surface area contributed by atoms with Crippen molar-refractivity contribution >= 4 is 5.96 Å². The fraction of sp³-hybridized carbons (Fsp3) is 0.850. The van der Waals surface area contributed by atoms with Crippen LogP contribution in [-0.2, 0) is 17.7 Å². The van der Waals surface area contributed by atoms with Crippen LogP contribution in [0.15, 0.2) is 4.99 Å². The first kappa shape index (κ1) is 18.7. The molecule has 0 saturated heterocycles. The topological polar surface area (TPSA) is 76.4 Å². The number of nitrogens with zero attached hydrogens (tertiary/aromatic N) is 4. The highest BCUT2D eigenvalue weighted by molar-refractivity contribution is 5.80. The second kappa shape index (κ2) is 7.41. The van der Waals surface area contributed by atoms with E-state index < -0.39 is 0 Å². The predicted molar refractivity (Wildman–Crippen MR) is 106 cm³/mol. The first-order valence-corrected chi connectivity index (χ1v) is 10.6. The third-order valence-corrected chi connectivity index (χ3v) is 6.70. The maximum Gasteiger partial charge on any atom is 0.191 e. The van der Waals surface area contributed by atoms with Crippen molar-refractivity contribution < 1.29 is 4.74 Å². The molecule has 2 saturated carbocycles. The lowest BCUT2D eigenvalue weighted by Crippen LogP contribution is -2.69. The van der Waals surface area contributed by atoms with Crippen molar-refractivity contribution in [2.45, 2.75) is 89.9 Å². The average molecular weight is 375 g/mol. The second-order valence-electron chi connectivity index (χ2n) is 8.64. The summed E-state index contributed by atoms with van der Waals surface area (Å²) < 4.78 is 8.05. The molecule has 7 nitrogen and oxygen atoms in total. The molecule has 0 amide bonds. The maximum absolute atomic E-state index is 5.97. The standard InChI is InChI=1S/C20H34N6O/c1-5-27-16-11-15(20(16)9-6-10-20)23-19(21-4)22-14-7-8-17-24-18(13(2)3)25-26(17)12-14/h13-16H,5-12H2,1-4H3,(H2,21,22,23). The van der Waals surface area contributed by atoms with Gasteiger partial charge in [0.2, 0.25) is 0 Å². The van der Waals surface area contributed by atoms with Gasteiger partial charge in [0, 0.05) is 43.5 Å². The fourth-order valence-corrected chi connectivity index (χ4v) is 4.86. The molecule has 1 aromatic rings. The maximum atomic E-state index is 5.97. The van der Waals surface area contributed by atoms with Crippen LogP contribution in [-0.4, -0.2) is 52.6 Å². The van der Waals surface area contributed by atoms with Gasteiger partial charge >= 0.3 is 0 Å². The van der Waals surface area contributed by atoms with Crippen LogP contribution in [0.5, 0.6) is 0 Å². The molecule has 2 heterocycles. The van der Waals surface area contributed by atoms with Crippen LogP contribution in [0.1, 0.15) is 70.4 Å². The van der Waals surface area contributed by atoms with Crippen LogP contribution in [0.3, 0.4) is 0 Å². The Morgan fingerprint density at radius 3 is 2.81 bits per heavy atom. The first-order valence-electron chi connectivity index (χ1n) is 10.6. The van der Waals surface area contributed by atoms with Crippen LogP contribution in [0.2, 0.25) is 0 Å². The number of hydrogen-bond donors (Lipinski definition) is 2. The van der Waals surface area contributed by atoms with Gasteiger partial charge in [-0.25, -0.2) is 9.67 Å². The molecular formula is C20H34N6O. The third-order valence-electron chi connectivity index (χ3n) is 6.70. The smallest absolute Gasteiger partial charge is 0.191 e. The van der Waals surface area contributed by atoms with Gasteiger partial charge in [-0.3, -0.25) is 4.99 Å². The van der Waals surface area contributed by atoms with Gasteiger partial charge in [-0.15, -0.1) is 0 Å². The van der Waals surface area contributed by atoms with Gasteiger partial charge in [-0.1, -0.05) is 20.3 Å². The lowest BCUT2D eigenvalue weighted by atomic mass is 9.51. The molecule has 2 fully saturated rings. The Morgan fingerprint density at radius 2 is 2.19 bits per heavy atom. The Labute approximate surface area is 162 Å². The van der Waals surface area contributed by atoms with Gasteiger partial charge in [0.15, 0.2) is 11.8 Å². The molecule has 0 radical (unpaired) electrons. The Hall–Kier alpha value is -1.63. The Morgan fingerprint density at radius 1 is 1.37 bits per heavy atom. The number of guanidine groups is 1. The van der Waals surface area contributed by atoms with Crippen molar-refractivity contribution in [3.63, 3.8) is 0 Å². The van der Waals surface area contributed by atoms with Crippen molar-refractivity contribution in [1.82, 2.24) is 25.4 Å².